The Bertz CT molecular complexity index is 842. The molecule has 0 unspecified atom stereocenters. The third kappa shape index (κ3) is 3.55. The molecule has 0 saturated heterocycles. The number of hydrogen-bond acceptors (Lipinski definition) is 3. The average Bonchev–Trinajstić information content (AvgIpc) is 3.42. The zero-order valence-electron chi connectivity index (χ0n) is 14.1. The number of nitrogens with one attached hydrogen (secondary N) is 1. The molecule has 1 aliphatic heterocycles. The van der Waals surface area contributed by atoms with Crippen LogP contribution in [0.25, 0.3) is 0 Å². The van der Waals surface area contributed by atoms with Crippen LogP contribution in [0.1, 0.15) is 29.0 Å². The summed E-state index contributed by atoms with van der Waals surface area (Å²) in [6.07, 6.45) is 1.32. The first-order valence-corrected chi connectivity index (χ1v) is 9.05. The third-order valence-corrected chi connectivity index (χ3v) is 5.22. The van der Waals surface area contributed by atoms with Crippen LogP contribution in [-0.2, 0) is 22.6 Å². The first kappa shape index (κ1) is 17.3. The number of carbonyl (C=O) groups excluding carboxylic acids is 1. The quantitative estimate of drug-likeness (QED) is 0.864. The minimum atomic E-state index is -0.319. The van der Waals surface area contributed by atoms with E-state index in [9.17, 15) is 9.18 Å². The Morgan fingerprint density at radius 2 is 2.15 bits per heavy atom. The van der Waals surface area contributed by atoms with Crippen molar-refractivity contribution in [3.8, 4) is 5.75 Å². The smallest absolute Gasteiger partial charge is 0.223 e. The van der Waals surface area contributed by atoms with Gasteiger partial charge in [0.05, 0.1) is 6.61 Å². The topological polar surface area (TPSA) is 47.6 Å². The van der Waals surface area contributed by atoms with E-state index < -0.39 is 0 Å². The van der Waals surface area contributed by atoms with Crippen LogP contribution in [0.5, 0.6) is 5.75 Å². The maximum absolute atomic E-state index is 13.7. The molecule has 2 aromatic rings. The predicted octanol–water partition coefficient (Wildman–Crippen LogP) is 3.81. The predicted molar refractivity (Wildman–Crippen MR) is 95.7 cm³/mol. The van der Waals surface area contributed by atoms with Crippen molar-refractivity contribution in [1.29, 1.82) is 0 Å². The van der Waals surface area contributed by atoms with Gasteiger partial charge < -0.3 is 14.8 Å². The lowest BCUT2D eigenvalue weighted by molar-refractivity contribution is -0.122. The summed E-state index contributed by atoms with van der Waals surface area (Å²) < 4.78 is 24.4. The molecule has 1 heterocycles. The van der Waals surface area contributed by atoms with Gasteiger partial charge >= 0.3 is 0 Å². The van der Waals surface area contributed by atoms with E-state index in [0.717, 1.165) is 17.5 Å². The number of carbonyl (C=O) groups is 1. The van der Waals surface area contributed by atoms with Crippen LogP contribution in [0.15, 0.2) is 36.4 Å². The third-order valence-electron chi connectivity index (χ3n) is 4.88. The minimum Gasteiger partial charge on any atom is -0.467 e. The molecule has 26 heavy (non-hydrogen) atoms. The van der Waals surface area contributed by atoms with E-state index in [1.54, 1.807) is 0 Å². The summed E-state index contributed by atoms with van der Waals surface area (Å²) >= 11 is 6.20. The van der Waals surface area contributed by atoms with Crippen molar-refractivity contribution in [3.05, 3.63) is 63.9 Å². The second-order valence-corrected chi connectivity index (χ2v) is 7.08. The molecule has 2 atom stereocenters. The van der Waals surface area contributed by atoms with Gasteiger partial charge in [-0.05, 0) is 48.1 Å². The summed E-state index contributed by atoms with van der Waals surface area (Å²) in [5, 5.41) is 3.65. The molecule has 0 radical (unpaired) electrons. The Labute approximate surface area is 156 Å². The van der Waals surface area contributed by atoms with Gasteiger partial charge in [0.2, 0.25) is 5.91 Å². The summed E-state index contributed by atoms with van der Waals surface area (Å²) in [5.74, 6) is 0.518. The number of ether oxygens (including phenoxy) is 2. The van der Waals surface area contributed by atoms with E-state index in [2.05, 4.69) is 5.32 Å². The summed E-state index contributed by atoms with van der Waals surface area (Å²) in [6.45, 7) is 0.943. The van der Waals surface area contributed by atoms with E-state index in [1.165, 1.54) is 12.1 Å². The van der Waals surface area contributed by atoms with Gasteiger partial charge in [-0.25, -0.2) is 4.39 Å². The summed E-state index contributed by atoms with van der Waals surface area (Å²) in [5.41, 5.74) is 2.49. The van der Waals surface area contributed by atoms with E-state index in [1.807, 2.05) is 24.3 Å². The highest BCUT2D eigenvalue weighted by Crippen LogP contribution is 2.49. The molecule has 1 saturated carbocycles. The van der Waals surface area contributed by atoms with Crippen molar-refractivity contribution in [2.75, 3.05) is 13.3 Å². The van der Waals surface area contributed by atoms with E-state index in [-0.39, 0.29) is 30.4 Å². The molecule has 1 fully saturated rings. The van der Waals surface area contributed by atoms with Crippen molar-refractivity contribution in [2.45, 2.75) is 25.4 Å². The van der Waals surface area contributed by atoms with Crippen LogP contribution in [0.2, 0.25) is 5.02 Å². The molecule has 136 valence electrons. The number of rotatable bonds is 5. The Balaban J connectivity index is 1.34. The largest absolute Gasteiger partial charge is 0.467 e. The lowest BCUT2D eigenvalue weighted by Crippen LogP contribution is -2.28. The van der Waals surface area contributed by atoms with E-state index in [4.69, 9.17) is 21.1 Å². The van der Waals surface area contributed by atoms with Crippen LogP contribution < -0.4 is 10.1 Å². The molecule has 2 aliphatic rings. The standard InChI is InChI=1S/C20H19ClFNO3/c21-18-4-2-1-3-15(18)16-9-17(16)20(24)23-6-5-12-7-14(22)8-13-10-25-11-26-19(12)13/h1-4,7-8,16-17H,5-6,9-11H2,(H,23,24)/t16-,17+/m1/s1. The molecule has 1 amide bonds. The highest BCUT2D eigenvalue weighted by atomic mass is 35.5. The summed E-state index contributed by atoms with van der Waals surface area (Å²) in [4.78, 5) is 12.4. The molecule has 1 aliphatic carbocycles. The molecular weight excluding hydrogens is 357 g/mol. The maximum Gasteiger partial charge on any atom is 0.223 e. The average molecular weight is 376 g/mol. The van der Waals surface area contributed by atoms with Crippen LogP contribution >= 0.6 is 11.6 Å². The molecule has 0 aromatic heterocycles. The number of amides is 1. The fourth-order valence-corrected chi connectivity index (χ4v) is 3.77. The van der Waals surface area contributed by atoms with Crippen LogP contribution in [0.3, 0.4) is 0 Å². The lowest BCUT2D eigenvalue weighted by atomic mass is 10.1. The number of hydrogen-bond donors (Lipinski definition) is 1. The van der Waals surface area contributed by atoms with Crippen molar-refractivity contribution < 1.29 is 18.7 Å². The Hall–Kier alpha value is -2.11. The van der Waals surface area contributed by atoms with Gasteiger partial charge in [-0.3, -0.25) is 4.79 Å². The normalized spacial score (nSPS) is 20.8. The monoisotopic (exact) mass is 375 g/mol. The van der Waals surface area contributed by atoms with Crippen molar-refractivity contribution >= 4 is 17.5 Å². The molecule has 4 rings (SSSR count). The number of halogens is 2. The first-order valence-electron chi connectivity index (χ1n) is 8.67. The molecule has 4 nitrogen and oxygen atoms in total. The van der Waals surface area contributed by atoms with Crippen LogP contribution in [0, 0.1) is 11.7 Å². The highest BCUT2D eigenvalue weighted by molar-refractivity contribution is 6.31. The second kappa shape index (κ2) is 7.25. The van der Waals surface area contributed by atoms with Crippen LogP contribution in [-0.4, -0.2) is 19.2 Å². The maximum atomic E-state index is 13.7. The molecule has 1 N–H and O–H groups in total. The van der Waals surface area contributed by atoms with E-state index >= 15 is 0 Å². The van der Waals surface area contributed by atoms with Gasteiger partial charge in [0.1, 0.15) is 11.6 Å². The number of benzene rings is 2. The van der Waals surface area contributed by atoms with Gasteiger partial charge in [-0.2, -0.15) is 0 Å². The van der Waals surface area contributed by atoms with Gasteiger partial charge in [0.15, 0.2) is 6.79 Å². The summed E-state index contributed by atoms with van der Waals surface area (Å²) in [6, 6.07) is 10.5. The second-order valence-electron chi connectivity index (χ2n) is 6.68. The van der Waals surface area contributed by atoms with Gasteiger partial charge in [-0.1, -0.05) is 29.8 Å². The first-order chi connectivity index (χ1) is 12.6. The zero-order chi connectivity index (χ0) is 18.1. The Morgan fingerprint density at radius 3 is 3.00 bits per heavy atom. The molecule has 0 bridgehead atoms. The molecular formula is C20H19ClFNO3. The van der Waals surface area contributed by atoms with Gasteiger partial charge in [-0.15, -0.1) is 0 Å². The van der Waals surface area contributed by atoms with Crippen molar-refractivity contribution in [3.63, 3.8) is 0 Å². The molecule has 0 spiro atoms. The minimum absolute atomic E-state index is 0.0180. The van der Waals surface area contributed by atoms with Crippen molar-refractivity contribution in [2.24, 2.45) is 5.92 Å². The Kier molecular flexibility index (Phi) is 4.83. The van der Waals surface area contributed by atoms with E-state index in [0.29, 0.717) is 35.9 Å². The molecule has 2 aromatic carbocycles. The molecule has 6 heteroatoms. The van der Waals surface area contributed by atoms with Gasteiger partial charge in [0.25, 0.3) is 0 Å². The SMILES string of the molecule is O=C(NCCc1cc(F)cc2c1OCOC2)[C@H]1C[C@@H]1c1ccccc1Cl. The summed E-state index contributed by atoms with van der Waals surface area (Å²) in [7, 11) is 0. The van der Waals surface area contributed by atoms with Crippen molar-refractivity contribution in [1.82, 2.24) is 5.32 Å². The fraction of sp³-hybridized carbons (Fsp3) is 0.350. The fourth-order valence-electron chi connectivity index (χ4n) is 3.50. The lowest BCUT2D eigenvalue weighted by Gasteiger charge is -2.21. The zero-order valence-corrected chi connectivity index (χ0v) is 14.9. The highest BCUT2D eigenvalue weighted by Gasteiger charge is 2.44. The van der Waals surface area contributed by atoms with Gasteiger partial charge in [0, 0.05) is 23.0 Å². The Morgan fingerprint density at radius 1 is 1.31 bits per heavy atom. The van der Waals surface area contributed by atoms with Crippen LogP contribution in [0.4, 0.5) is 4.39 Å². The number of fused-ring (bicyclic) bond motifs is 1.